The van der Waals surface area contributed by atoms with Crippen molar-refractivity contribution in [3.05, 3.63) is 24.2 Å². The summed E-state index contributed by atoms with van der Waals surface area (Å²) in [7, 11) is 0. The van der Waals surface area contributed by atoms with Crippen LogP contribution in [0.1, 0.15) is 6.42 Å². The van der Waals surface area contributed by atoms with Crippen molar-refractivity contribution >= 4 is 45.3 Å². The van der Waals surface area contributed by atoms with Crippen LogP contribution >= 0.6 is 23.1 Å². The van der Waals surface area contributed by atoms with Gasteiger partial charge in [0.1, 0.15) is 5.25 Å². The molecule has 1 aromatic rings. The summed E-state index contributed by atoms with van der Waals surface area (Å²) < 4.78 is 0. The molecule has 2 rings (SSSR count). The fourth-order valence-corrected chi connectivity index (χ4v) is 3.24. The predicted molar refractivity (Wildman–Crippen MR) is 74.8 cm³/mol. The number of thiazole rings is 1. The highest BCUT2D eigenvalue weighted by Gasteiger charge is 2.38. The van der Waals surface area contributed by atoms with E-state index >= 15 is 0 Å². The van der Waals surface area contributed by atoms with Gasteiger partial charge >= 0.3 is 5.97 Å². The first-order valence-corrected chi connectivity index (χ1v) is 7.16. The van der Waals surface area contributed by atoms with Crippen molar-refractivity contribution in [2.45, 2.75) is 11.7 Å². The van der Waals surface area contributed by atoms with E-state index in [-0.39, 0.29) is 12.3 Å². The fraction of sp³-hybridized carbons (Fsp3) is 0.273. The number of carbonyl (C=O) groups excluding carboxylic acids is 1. The number of amides is 1. The standard InChI is InChI=1S/C11H11N3O3S2/c1-2-4-14-9(17)7(6-8(15)16)19-11(14)13-10-12-3-5-18-10/h2-3,5,7H,1,4,6H2,(H,15,16)/b13-11-. The second kappa shape index (κ2) is 5.98. The van der Waals surface area contributed by atoms with Gasteiger partial charge in [0.15, 0.2) is 5.17 Å². The van der Waals surface area contributed by atoms with Gasteiger partial charge in [0, 0.05) is 18.1 Å². The molecule has 1 aliphatic rings. The molecule has 1 saturated heterocycles. The van der Waals surface area contributed by atoms with Crippen LogP contribution in [-0.2, 0) is 9.59 Å². The van der Waals surface area contributed by atoms with Crippen molar-refractivity contribution in [2.75, 3.05) is 6.54 Å². The van der Waals surface area contributed by atoms with E-state index in [1.165, 1.54) is 16.2 Å². The van der Waals surface area contributed by atoms with Gasteiger partial charge in [-0.05, 0) is 0 Å². The molecule has 0 radical (unpaired) electrons. The molecule has 1 amide bonds. The van der Waals surface area contributed by atoms with Gasteiger partial charge in [-0.15, -0.1) is 17.9 Å². The number of rotatable bonds is 5. The minimum absolute atomic E-state index is 0.214. The zero-order chi connectivity index (χ0) is 13.8. The van der Waals surface area contributed by atoms with Crippen molar-refractivity contribution < 1.29 is 14.7 Å². The molecule has 0 aromatic carbocycles. The average Bonchev–Trinajstić information content (AvgIpc) is 2.94. The summed E-state index contributed by atoms with van der Waals surface area (Å²) in [5.74, 6) is -1.25. The Kier molecular flexibility index (Phi) is 4.33. The molecule has 2 heterocycles. The fourth-order valence-electron chi connectivity index (χ4n) is 1.53. The third-order valence-corrected chi connectivity index (χ3v) is 4.14. The zero-order valence-corrected chi connectivity index (χ0v) is 11.5. The van der Waals surface area contributed by atoms with Crippen LogP contribution in [0.4, 0.5) is 5.13 Å². The van der Waals surface area contributed by atoms with Crippen LogP contribution in [0.3, 0.4) is 0 Å². The van der Waals surface area contributed by atoms with E-state index in [4.69, 9.17) is 5.11 Å². The van der Waals surface area contributed by atoms with Gasteiger partial charge in [-0.2, -0.15) is 4.99 Å². The lowest BCUT2D eigenvalue weighted by atomic mass is 10.3. The van der Waals surface area contributed by atoms with Crippen LogP contribution in [0.2, 0.25) is 0 Å². The highest BCUT2D eigenvalue weighted by atomic mass is 32.2. The number of aliphatic carboxylic acids is 1. The highest BCUT2D eigenvalue weighted by Crippen LogP contribution is 2.31. The number of aromatic nitrogens is 1. The van der Waals surface area contributed by atoms with Gasteiger partial charge in [0.05, 0.1) is 6.42 Å². The number of hydrogen-bond donors (Lipinski definition) is 1. The van der Waals surface area contributed by atoms with Crippen molar-refractivity contribution in [3.63, 3.8) is 0 Å². The maximum absolute atomic E-state index is 12.1. The van der Waals surface area contributed by atoms with Gasteiger partial charge < -0.3 is 5.11 Å². The largest absolute Gasteiger partial charge is 0.481 e. The molecule has 1 fully saturated rings. The van der Waals surface area contributed by atoms with E-state index in [0.29, 0.717) is 16.8 Å². The number of nitrogens with zero attached hydrogens (tertiary/aromatic N) is 3. The molecular weight excluding hydrogens is 286 g/mol. The number of hydrogen-bond acceptors (Lipinski definition) is 6. The predicted octanol–water partition coefficient (Wildman–Crippen LogP) is 1.74. The molecule has 1 N–H and O–H groups in total. The summed E-state index contributed by atoms with van der Waals surface area (Å²) in [4.78, 5) is 32.5. The first-order chi connectivity index (χ1) is 9.11. The number of carboxylic acids is 1. The summed E-state index contributed by atoms with van der Waals surface area (Å²) in [5, 5.41) is 11.0. The number of thioether (sulfide) groups is 1. The van der Waals surface area contributed by atoms with Crippen LogP contribution in [0, 0.1) is 0 Å². The van der Waals surface area contributed by atoms with Crippen LogP contribution < -0.4 is 0 Å². The first kappa shape index (κ1) is 13.8. The zero-order valence-electron chi connectivity index (χ0n) is 9.85. The molecule has 0 aliphatic carbocycles. The molecule has 0 saturated carbocycles. The van der Waals surface area contributed by atoms with Crippen molar-refractivity contribution in [3.8, 4) is 0 Å². The molecule has 8 heteroatoms. The van der Waals surface area contributed by atoms with E-state index in [9.17, 15) is 9.59 Å². The van der Waals surface area contributed by atoms with Crippen LogP contribution in [0.25, 0.3) is 0 Å². The number of carbonyl (C=O) groups is 2. The lowest BCUT2D eigenvalue weighted by Gasteiger charge is -2.12. The Bertz CT molecular complexity index is 527. The number of carboxylic acid groups (broad SMARTS) is 1. The third kappa shape index (κ3) is 3.21. The SMILES string of the molecule is C=CCN1C(=O)C(CC(=O)O)S/C1=N\c1nccs1. The Balaban J connectivity index is 2.23. The molecular formula is C11H11N3O3S2. The second-order valence-electron chi connectivity index (χ2n) is 3.65. The molecule has 0 spiro atoms. The van der Waals surface area contributed by atoms with Gasteiger partial charge in [-0.3, -0.25) is 14.5 Å². The van der Waals surface area contributed by atoms with E-state index in [1.54, 1.807) is 17.7 Å². The highest BCUT2D eigenvalue weighted by molar-refractivity contribution is 8.15. The summed E-state index contributed by atoms with van der Waals surface area (Å²) in [6.45, 7) is 3.90. The number of aliphatic imine (C=N–C) groups is 1. The summed E-state index contributed by atoms with van der Waals surface area (Å²) in [6, 6.07) is 0. The minimum atomic E-state index is -1.00. The first-order valence-electron chi connectivity index (χ1n) is 5.40. The molecule has 0 bridgehead atoms. The van der Waals surface area contributed by atoms with Gasteiger partial charge in [0.25, 0.3) is 0 Å². The Morgan fingerprint density at radius 1 is 1.68 bits per heavy atom. The molecule has 1 aliphatic heterocycles. The summed E-state index contributed by atoms with van der Waals surface area (Å²) >= 11 is 2.51. The second-order valence-corrected chi connectivity index (χ2v) is 5.69. The van der Waals surface area contributed by atoms with E-state index in [1.807, 2.05) is 0 Å². The van der Waals surface area contributed by atoms with E-state index in [0.717, 1.165) is 11.8 Å². The maximum atomic E-state index is 12.1. The van der Waals surface area contributed by atoms with Crippen LogP contribution in [0.5, 0.6) is 0 Å². The lowest BCUT2D eigenvalue weighted by molar-refractivity contribution is -0.139. The average molecular weight is 297 g/mol. The Morgan fingerprint density at radius 3 is 3.05 bits per heavy atom. The van der Waals surface area contributed by atoms with Gasteiger partial charge in [-0.1, -0.05) is 17.8 Å². The monoisotopic (exact) mass is 297 g/mol. The van der Waals surface area contributed by atoms with Gasteiger partial charge in [-0.25, -0.2) is 4.98 Å². The Morgan fingerprint density at radius 2 is 2.47 bits per heavy atom. The molecule has 19 heavy (non-hydrogen) atoms. The van der Waals surface area contributed by atoms with Gasteiger partial charge in [0.2, 0.25) is 11.0 Å². The van der Waals surface area contributed by atoms with E-state index < -0.39 is 11.2 Å². The summed E-state index contributed by atoms with van der Waals surface area (Å²) in [6.07, 6.45) is 2.99. The number of amidine groups is 1. The lowest BCUT2D eigenvalue weighted by Crippen LogP contribution is -2.32. The smallest absolute Gasteiger partial charge is 0.305 e. The molecule has 6 nitrogen and oxygen atoms in total. The minimum Gasteiger partial charge on any atom is -0.481 e. The quantitative estimate of drug-likeness (QED) is 0.837. The van der Waals surface area contributed by atoms with Crippen molar-refractivity contribution in [1.29, 1.82) is 0 Å². The molecule has 1 aromatic heterocycles. The van der Waals surface area contributed by atoms with Crippen molar-refractivity contribution in [2.24, 2.45) is 4.99 Å². The molecule has 1 unspecified atom stereocenters. The Labute approximate surface area is 117 Å². The third-order valence-electron chi connectivity index (χ3n) is 2.30. The topological polar surface area (TPSA) is 82.9 Å². The Hall–Kier alpha value is -1.67. The normalized spacial score (nSPS) is 21.1. The van der Waals surface area contributed by atoms with Crippen LogP contribution in [0.15, 0.2) is 29.2 Å². The molecule has 1 atom stereocenters. The molecule has 100 valence electrons. The van der Waals surface area contributed by atoms with E-state index in [2.05, 4.69) is 16.6 Å². The van der Waals surface area contributed by atoms with Crippen molar-refractivity contribution in [1.82, 2.24) is 9.88 Å². The summed E-state index contributed by atoms with van der Waals surface area (Å²) in [5.41, 5.74) is 0. The maximum Gasteiger partial charge on any atom is 0.305 e. The van der Waals surface area contributed by atoms with Crippen LogP contribution in [-0.4, -0.2) is 43.8 Å².